The molecule has 5 rings (SSSR count). The Morgan fingerprint density at radius 2 is 1.63 bits per heavy atom. The highest BCUT2D eigenvalue weighted by molar-refractivity contribution is 5.96. The molecule has 0 bridgehead atoms. The summed E-state index contributed by atoms with van der Waals surface area (Å²) in [4.78, 5) is 36.0. The lowest BCUT2D eigenvalue weighted by molar-refractivity contribution is -0.117. The second-order valence-electron chi connectivity index (χ2n) is 9.13. The molecule has 2 aliphatic carbocycles. The average Bonchev–Trinajstić information content (AvgIpc) is 3.58. The molecule has 0 radical (unpaired) electrons. The van der Waals surface area contributed by atoms with Crippen molar-refractivity contribution in [1.29, 1.82) is 0 Å². The van der Waals surface area contributed by atoms with Crippen LogP contribution in [0.15, 0.2) is 66.7 Å². The van der Waals surface area contributed by atoms with E-state index >= 15 is 0 Å². The summed E-state index contributed by atoms with van der Waals surface area (Å²) in [5.74, 6) is -1.28. The number of rotatable bonds is 7. The van der Waals surface area contributed by atoms with E-state index in [9.17, 15) is 14.4 Å². The molecule has 2 aliphatic rings. The van der Waals surface area contributed by atoms with Gasteiger partial charge < -0.3 is 20.5 Å². The van der Waals surface area contributed by atoms with Crippen LogP contribution in [0.3, 0.4) is 0 Å². The minimum atomic E-state index is -1.01. The first-order valence-corrected chi connectivity index (χ1v) is 11.7. The summed E-state index contributed by atoms with van der Waals surface area (Å²) < 4.78 is 5.56. The molecule has 1 fully saturated rings. The molecule has 3 N–H and O–H groups in total. The van der Waals surface area contributed by atoms with E-state index in [0.717, 1.165) is 11.1 Å². The fourth-order valence-electron chi connectivity index (χ4n) is 4.82. The van der Waals surface area contributed by atoms with Gasteiger partial charge in [-0.15, -0.1) is 0 Å². The maximum Gasteiger partial charge on any atom is 0.407 e. The van der Waals surface area contributed by atoms with Crippen LogP contribution < -0.4 is 10.6 Å². The van der Waals surface area contributed by atoms with Crippen LogP contribution in [0.25, 0.3) is 11.1 Å². The predicted octanol–water partition coefficient (Wildman–Crippen LogP) is 4.81. The van der Waals surface area contributed by atoms with Gasteiger partial charge >= 0.3 is 12.1 Å². The lowest BCUT2D eigenvalue weighted by Crippen LogP contribution is -2.29. The van der Waals surface area contributed by atoms with Crippen LogP contribution in [0, 0.1) is 18.8 Å². The molecule has 0 heterocycles. The zero-order chi connectivity index (χ0) is 24.5. The highest BCUT2D eigenvalue weighted by Crippen LogP contribution is 2.44. The van der Waals surface area contributed by atoms with Crippen molar-refractivity contribution in [3.8, 4) is 11.1 Å². The van der Waals surface area contributed by atoms with Crippen LogP contribution in [-0.4, -0.2) is 36.2 Å². The molecule has 1 saturated carbocycles. The fourth-order valence-corrected chi connectivity index (χ4v) is 4.82. The summed E-state index contributed by atoms with van der Waals surface area (Å²) in [6, 6.07) is 21.0. The number of carboxylic acids is 1. The first-order chi connectivity index (χ1) is 16.9. The Morgan fingerprint density at radius 3 is 2.26 bits per heavy atom. The van der Waals surface area contributed by atoms with Crippen LogP contribution >= 0.6 is 0 Å². The Bertz CT molecular complexity index is 1270. The van der Waals surface area contributed by atoms with Gasteiger partial charge in [0.25, 0.3) is 0 Å². The Balaban J connectivity index is 1.10. The van der Waals surface area contributed by atoms with E-state index in [-0.39, 0.29) is 35.8 Å². The second kappa shape index (κ2) is 9.25. The number of hydrogen-bond donors (Lipinski definition) is 3. The molecule has 2 atom stereocenters. The summed E-state index contributed by atoms with van der Waals surface area (Å²) in [6.07, 6.45) is 0.194. The standard InChI is InChI=1S/C28H26N2O5/c1-16-12-17(27(32)33)10-11-25(16)30-26(31)23-13-18(23)14-29-28(34)35-15-24-21-8-4-2-6-19(21)20-7-3-5-9-22(20)24/h2-12,18,23-24H,13-15H2,1H3,(H,29,34)(H,30,31)(H,32,33)/t18-,23-/m0/s1. The number of ether oxygens (including phenoxy) is 1. The number of fused-ring (bicyclic) bond motifs is 3. The third kappa shape index (κ3) is 4.62. The number of carbonyl (C=O) groups is 3. The van der Waals surface area contributed by atoms with Crippen molar-refractivity contribution in [2.45, 2.75) is 19.3 Å². The van der Waals surface area contributed by atoms with Crippen LogP contribution in [0.4, 0.5) is 10.5 Å². The molecule has 3 aromatic carbocycles. The zero-order valence-corrected chi connectivity index (χ0v) is 19.3. The van der Waals surface area contributed by atoms with E-state index in [0.29, 0.717) is 24.2 Å². The largest absolute Gasteiger partial charge is 0.478 e. The first kappa shape index (κ1) is 22.7. The van der Waals surface area contributed by atoms with E-state index in [1.807, 2.05) is 24.3 Å². The second-order valence-corrected chi connectivity index (χ2v) is 9.13. The monoisotopic (exact) mass is 470 g/mol. The minimum absolute atomic E-state index is 0.00311. The number of nitrogens with one attached hydrogen (secondary N) is 2. The molecule has 0 unspecified atom stereocenters. The summed E-state index contributed by atoms with van der Waals surface area (Å²) in [7, 11) is 0. The molecule has 0 saturated heterocycles. The number of amides is 2. The van der Waals surface area contributed by atoms with Gasteiger partial charge in [-0.2, -0.15) is 0 Å². The number of hydrogen-bond acceptors (Lipinski definition) is 4. The van der Waals surface area contributed by atoms with E-state index in [1.54, 1.807) is 13.0 Å². The van der Waals surface area contributed by atoms with Crippen LogP contribution in [0.5, 0.6) is 0 Å². The quantitative estimate of drug-likeness (QED) is 0.460. The third-order valence-electron chi connectivity index (χ3n) is 6.84. The van der Waals surface area contributed by atoms with E-state index < -0.39 is 12.1 Å². The maximum absolute atomic E-state index is 12.6. The fraction of sp³-hybridized carbons (Fsp3) is 0.250. The van der Waals surface area contributed by atoms with Gasteiger partial charge in [-0.1, -0.05) is 48.5 Å². The van der Waals surface area contributed by atoms with Crippen molar-refractivity contribution in [3.05, 3.63) is 89.0 Å². The maximum atomic E-state index is 12.6. The van der Waals surface area contributed by atoms with Gasteiger partial charge in [0, 0.05) is 24.1 Å². The number of carbonyl (C=O) groups excluding carboxylic acids is 2. The predicted molar refractivity (Wildman–Crippen MR) is 131 cm³/mol. The van der Waals surface area contributed by atoms with E-state index in [2.05, 4.69) is 34.9 Å². The normalized spacial score (nSPS) is 17.7. The van der Waals surface area contributed by atoms with Crippen molar-refractivity contribution in [2.24, 2.45) is 11.8 Å². The summed E-state index contributed by atoms with van der Waals surface area (Å²) in [6.45, 7) is 2.37. The molecule has 35 heavy (non-hydrogen) atoms. The molecule has 0 spiro atoms. The number of aromatic carboxylic acids is 1. The van der Waals surface area contributed by atoms with Crippen molar-refractivity contribution < 1.29 is 24.2 Å². The molecule has 178 valence electrons. The van der Waals surface area contributed by atoms with Crippen molar-refractivity contribution >= 4 is 23.7 Å². The van der Waals surface area contributed by atoms with Gasteiger partial charge in [0.15, 0.2) is 0 Å². The summed E-state index contributed by atoms with van der Waals surface area (Å²) in [5, 5.41) is 14.7. The van der Waals surface area contributed by atoms with E-state index in [1.165, 1.54) is 23.3 Å². The smallest absolute Gasteiger partial charge is 0.407 e. The minimum Gasteiger partial charge on any atom is -0.478 e. The van der Waals surface area contributed by atoms with Gasteiger partial charge in [0.1, 0.15) is 6.61 Å². The zero-order valence-electron chi connectivity index (χ0n) is 19.3. The molecule has 2 amide bonds. The average molecular weight is 471 g/mol. The van der Waals surface area contributed by atoms with Gasteiger partial charge in [-0.05, 0) is 65.3 Å². The molecule has 0 aromatic heterocycles. The molecule has 0 aliphatic heterocycles. The Labute approximate surface area is 203 Å². The number of aryl methyl sites for hydroxylation is 1. The number of alkyl carbamates (subject to hydrolysis) is 1. The Morgan fingerprint density at radius 1 is 0.971 bits per heavy atom. The summed E-state index contributed by atoms with van der Waals surface area (Å²) in [5.41, 5.74) is 6.13. The SMILES string of the molecule is Cc1cc(C(=O)O)ccc1NC(=O)[C@H]1C[C@H]1CNC(=O)OCC1c2ccccc2-c2ccccc21. The highest BCUT2D eigenvalue weighted by atomic mass is 16.5. The van der Waals surface area contributed by atoms with Gasteiger partial charge in [-0.25, -0.2) is 9.59 Å². The van der Waals surface area contributed by atoms with Crippen molar-refractivity contribution in [2.75, 3.05) is 18.5 Å². The number of anilines is 1. The van der Waals surface area contributed by atoms with Crippen LogP contribution in [-0.2, 0) is 9.53 Å². The topological polar surface area (TPSA) is 105 Å². The Hall–Kier alpha value is -4.13. The van der Waals surface area contributed by atoms with Gasteiger partial charge in [-0.3, -0.25) is 4.79 Å². The molecule has 7 heteroatoms. The lowest BCUT2D eigenvalue weighted by atomic mass is 9.98. The molecular weight excluding hydrogens is 444 g/mol. The summed E-state index contributed by atoms with van der Waals surface area (Å²) >= 11 is 0. The van der Waals surface area contributed by atoms with Crippen molar-refractivity contribution in [3.63, 3.8) is 0 Å². The number of carboxylic acid groups (broad SMARTS) is 1. The lowest BCUT2D eigenvalue weighted by Gasteiger charge is -2.14. The van der Waals surface area contributed by atoms with Crippen LogP contribution in [0.2, 0.25) is 0 Å². The van der Waals surface area contributed by atoms with E-state index in [4.69, 9.17) is 9.84 Å². The molecule has 3 aromatic rings. The van der Waals surface area contributed by atoms with Gasteiger partial charge in [0.2, 0.25) is 5.91 Å². The molecular formula is C28H26N2O5. The highest BCUT2D eigenvalue weighted by Gasteiger charge is 2.43. The van der Waals surface area contributed by atoms with Crippen molar-refractivity contribution in [1.82, 2.24) is 5.32 Å². The van der Waals surface area contributed by atoms with Crippen LogP contribution in [0.1, 0.15) is 39.4 Å². The first-order valence-electron chi connectivity index (χ1n) is 11.7. The number of benzene rings is 3. The Kier molecular flexibility index (Phi) is 5.99. The third-order valence-corrected chi connectivity index (χ3v) is 6.84. The van der Waals surface area contributed by atoms with Gasteiger partial charge in [0.05, 0.1) is 5.56 Å². The molecule has 7 nitrogen and oxygen atoms in total.